The van der Waals surface area contributed by atoms with Crippen molar-refractivity contribution in [3.8, 4) is 0 Å². The molecule has 0 atom stereocenters. The van der Waals surface area contributed by atoms with Crippen LogP contribution in [0, 0.1) is 0 Å². The van der Waals surface area contributed by atoms with E-state index in [4.69, 9.17) is 0 Å². The number of benzene rings is 1. The monoisotopic (exact) mass is 311 g/mol. The Morgan fingerprint density at radius 1 is 1.23 bits per heavy atom. The molecule has 0 radical (unpaired) electrons. The number of para-hydroxylation sites is 1. The number of carbonyl (C=O) groups is 1. The molecule has 2 aromatic rings. The van der Waals surface area contributed by atoms with E-state index in [9.17, 15) is 4.79 Å². The first-order valence-electron chi connectivity index (χ1n) is 6.92. The predicted octanol–water partition coefficient (Wildman–Crippen LogP) is 2.03. The van der Waals surface area contributed by atoms with E-state index >= 15 is 0 Å². The van der Waals surface area contributed by atoms with Crippen molar-refractivity contribution >= 4 is 35.1 Å². The Balaban J connectivity index is 1.88. The third-order valence-corrected chi connectivity index (χ3v) is 4.21. The Bertz CT molecular complexity index is 777. The van der Waals surface area contributed by atoms with Gasteiger partial charge in [-0.25, -0.2) is 14.9 Å². The zero-order valence-electron chi connectivity index (χ0n) is 11.9. The van der Waals surface area contributed by atoms with E-state index in [1.165, 1.54) is 11.8 Å². The molecule has 0 unspecified atom stereocenters. The van der Waals surface area contributed by atoms with E-state index in [-0.39, 0.29) is 5.91 Å². The van der Waals surface area contributed by atoms with Gasteiger partial charge in [-0.15, -0.1) is 0 Å². The molecule has 6 nitrogen and oxygen atoms in total. The van der Waals surface area contributed by atoms with Gasteiger partial charge in [-0.1, -0.05) is 30.0 Å². The number of guanidine groups is 1. The summed E-state index contributed by atoms with van der Waals surface area (Å²) in [6.45, 7) is 1.38. The van der Waals surface area contributed by atoms with Gasteiger partial charge in [0, 0.05) is 12.7 Å². The molecule has 110 valence electrons. The summed E-state index contributed by atoms with van der Waals surface area (Å²) in [6, 6.07) is 9.54. The van der Waals surface area contributed by atoms with Crippen molar-refractivity contribution < 1.29 is 4.79 Å². The van der Waals surface area contributed by atoms with Gasteiger partial charge in [0.05, 0.1) is 12.2 Å². The van der Waals surface area contributed by atoms with Crippen molar-refractivity contribution in [1.29, 1.82) is 0 Å². The molecule has 1 aromatic carbocycles. The molecule has 22 heavy (non-hydrogen) atoms. The van der Waals surface area contributed by atoms with Crippen LogP contribution < -0.4 is 9.80 Å². The van der Waals surface area contributed by atoms with E-state index in [2.05, 4.69) is 15.0 Å². The van der Waals surface area contributed by atoms with E-state index in [1.54, 1.807) is 11.1 Å². The zero-order chi connectivity index (χ0) is 15.1. The Hall–Kier alpha value is -2.41. The summed E-state index contributed by atoms with van der Waals surface area (Å²) in [7, 11) is 0. The quantitative estimate of drug-likeness (QED) is 0.627. The molecule has 2 aliphatic rings. The largest absolute Gasteiger partial charge is 0.294 e. The Kier molecular flexibility index (Phi) is 3.07. The number of amides is 1. The molecule has 0 spiro atoms. The van der Waals surface area contributed by atoms with Gasteiger partial charge in [0.1, 0.15) is 5.56 Å². The molecular weight excluding hydrogens is 298 g/mol. The van der Waals surface area contributed by atoms with Crippen molar-refractivity contribution in [2.45, 2.75) is 5.16 Å². The van der Waals surface area contributed by atoms with Crippen LogP contribution in [-0.2, 0) is 0 Å². The lowest BCUT2D eigenvalue weighted by Gasteiger charge is -2.34. The maximum Gasteiger partial charge on any atom is 0.270 e. The fourth-order valence-electron chi connectivity index (χ4n) is 2.66. The standard InChI is InChI=1S/C15H13N5OS/c1-22-14-17-9-11-12(18-14)19-8-7-16-15(19)20(13(11)21)10-5-3-2-4-6-10/h2-6,9H,7-8H2,1H3. The SMILES string of the molecule is CSc1ncc2c(n1)N1CCN=C1N(c1ccccc1)C2=O. The summed E-state index contributed by atoms with van der Waals surface area (Å²) in [4.78, 5) is 29.8. The summed E-state index contributed by atoms with van der Waals surface area (Å²) in [5.74, 6) is 1.17. The van der Waals surface area contributed by atoms with E-state index in [0.717, 1.165) is 12.2 Å². The Morgan fingerprint density at radius 2 is 2.05 bits per heavy atom. The van der Waals surface area contributed by atoms with Gasteiger partial charge in [-0.05, 0) is 18.4 Å². The maximum atomic E-state index is 12.9. The molecule has 0 bridgehead atoms. The van der Waals surface area contributed by atoms with Crippen LogP contribution in [0.25, 0.3) is 0 Å². The van der Waals surface area contributed by atoms with Gasteiger partial charge in [0.15, 0.2) is 11.0 Å². The highest BCUT2D eigenvalue weighted by molar-refractivity contribution is 7.98. The molecule has 4 rings (SSSR count). The van der Waals surface area contributed by atoms with Crippen LogP contribution in [-0.4, -0.2) is 41.2 Å². The van der Waals surface area contributed by atoms with Crippen LogP contribution in [0.2, 0.25) is 0 Å². The van der Waals surface area contributed by atoms with Crippen LogP contribution in [0.15, 0.2) is 46.7 Å². The summed E-state index contributed by atoms with van der Waals surface area (Å²) in [5.41, 5.74) is 1.32. The number of fused-ring (bicyclic) bond motifs is 3. The lowest BCUT2D eigenvalue weighted by atomic mass is 10.2. The number of hydrogen-bond donors (Lipinski definition) is 0. The van der Waals surface area contributed by atoms with Gasteiger partial charge in [-0.2, -0.15) is 0 Å². The van der Waals surface area contributed by atoms with E-state index in [1.807, 2.05) is 41.5 Å². The number of aromatic nitrogens is 2. The first-order valence-corrected chi connectivity index (χ1v) is 8.14. The molecule has 0 aliphatic carbocycles. The summed E-state index contributed by atoms with van der Waals surface area (Å²) < 4.78 is 0. The second kappa shape index (κ2) is 5.10. The normalized spacial score (nSPS) is 16.4. The minimum absolute atomic E-state index is 0.134. The lowest BCUT2D eigenvalue weighted by molar-refractivity contribution is 0.0999. The maximum absolute atomic E-state index is 12.9. The first-order chi connectivity index (χ1) is 10.8. The highest BCUT2D eigenvalue weighted by Gasteiger charge is 2.39. The number of thioether (sulfide) groups is 1. The number of anilines is 2. The molecule has 2 aliphatic heterocycles. The minimum atomic E-state index is -0.134. The fraction of sp³-hybridized carbons (Fsp3) is 0.200. The molecule has 0 saturated heterocycles. The van der Waals surface area contributed by atoms with E-state index < -0.39 is 0 Å². The third-order valence-electron chi connectivity index (χ3n) is 3.65. The van der Waals surface area contributed by atoms with Crippen LogP contribution >= 0.6 is 11.8 Å². The second-order valence-corrected chi connectivity index (χ2v) is 5.68. The molecule has 0 N–H and O–H groups in total. The minimum Gasteiger partial charge on any atom is -0.294 e. The molecule has 0 fully saturated rings. The van der Waals surface area contributed by atoms with Crippen molar-refractivity contribution in [3.63, 3.8) is 0 Å². The molecular formula is C15H13N5OS. The van der Waals surface area contributed by atoms with Crippen molar-refractivity contribution in [3.05, 3.63) is 42.1 Å². The van der Waals surface area contributed by atoms with Gasteiger partial charge in [-0.3, -0.25) is 14.7 Å². The molecule has 0 saturated carbocycles. The van der Waals surface area contributed by atoms with Crippen molar-refractivity contribution in [2.24, 2.45) is 4.99 Å². The topological polar surface area (TPSA) is 61.7 Å². The van der Waals surface area contributed by atoms with Crippen LogP contribution in [0.5, 0.6) is 0 Å². The number of rotatable bonds is 2. The Labute approximate surface area is 131 Å². The van der Waals surface area contributed by atoms with Crippen LogP contribution in [0.3, 0.4) is 0 Å². The second-order valence-electron chi connectivity index (χ2n) is 4.90. The van der Waals surface area contributed by atoms with E-state index in [0.29, 0.717) is 29.0 Å². The smallest absolute Gasteiger partial charge is 0.270 e. The third kappa shape index (κ3) is 1.89. The number of hydrogen-bond acceptors (Lipinski definition) is 6. The first kappa shape index (κ1) is 13.3. The lowest BCUT2D eigenvalue weighted by Crippen LogP contribution is -2.51. The number of aliphatic imine (C=N–C) groups is 1. The summed E-state index contributed by atoms with van der Waals surface area (Å²) in [5, 5.41) is 0.658. The summed E-state index contributed by atoms with van der Waals surface area (Å²) >= 11 is 1.46. The molecule has 7 heteroatoms. The van der Waals surface area contributed by atoms with Gasteiger partial charge in [0.2, 0.25) is 5.96 Å². The van der Waals surface area contributed by atoms with Gasteiger partial charge in [0.25, 0.3) is 5.91 Å². The van der Waals surface area contributed by atoms with Crippen LogP contribution in [0.1, 0.15) is 10.4 Å². The number of nitrogens with zero attached hydrogens (tertiary/aromatic N) is 5. The van der Waals surface area contributed by atoms with Crippen molar-refractivity contribution in [2.75, 3.05) is 29.1 Å². The fourth-order valence-corrected chi connectivity index (χ4v) is 3.00. The number of carbonyl (C=O) groups excluding carboxylic acids is 1. The van der Waals surface area contributed by atoms with Gasteiger partial charge >= 0.3 is 0 Å². The average molecular weight is 311 g/mol. The molecule has 3 heterocycles. The Morgan fingerprint density at radius 3 is 2.82 bits per heavy atom. The average Bonchev–Trinajstić information content (AvgIpc) is 3.05. The highest BCUT2D eigenvalue weighted by Crippen LogP contribution is 2.32. The summed E-state index contributed by atoms with van der Waals surface area (Å²) in [6.07, 6.45) is 3.53. The zero-order valence-corrected chi connectivity index (χ0v) is 12.7. The van der Waals surface area contributed by atoms with Crippen molar-refractivity contribution in [1.82, 2.24) is 9.97 Å². The molecule has 1 amide bonds. The molecule has 1 aromatic heterocycles. The van der Waals surface area contributed by atoms with Crippen LogP contribution in [0.4, 0.5) is 11.5 Å². The van der Waals surface area contributed by atoms with Gasteiger partial charge < -0.3 is 0 Å². The predicted molar refractivity (Wildman–Crippen MR) is 86.7 cm³/mol. The highest BCUT2D eigenvalue weighted by atomic mass is 32.2.